The van der Waals surface area contributed by atoms with Crippen LogP contribution in [0.4, 0.5) is 0 Å². The first-order valence-corrected chi connectivity index (χ1v) is 8.80. The molecule has 19 heavy (non-hydrogen) atoms. The molecule has 0 fully saturated rings. The molecule has 1 heterocycles. The summed E-state index contributed by atoms with van der Waals surface area (Å²) in [6.07, 6.45) is 0.126. The molecule has 6 heteroatoms. The first kappa shape index (κ1) is 14.4. The Balaban J connectivity index is 2.25. The van der Waals surface area contributed by atoms with Gasteiger partial charge in [-0.2, -0.15) is 0 Å². The molecule has 0 unspecified atom stereocenters. The van der Waals surface area contributed by atoms with Crippen molar-refractivity contribution >= 4 is 31.1 Å². The highest BCUT2D eigenvalue weighted by Gasteiger charge is 2.13. The van der Waals surface area contributed by atoms with E-state index in [0.29, 0.717) is 0 Å². The number of ether oxygens (including phenoxy) is 1. The van der Waals surface area contributed by atoms with Crippen molar-refractivity contribution in [3.05, 3.63) is 36.4 Å². The van der Waals surface area contributed by atoms with E-state index in [4.69, 9.17) is 15.4 Å². The average molecular weight is 317 g/mol. The Morgan fingerprint density at radius 3 is 2.21 bits per heavy atom. The minimum Gasteiger partial charge on any atom is -0.491 e. The molecule has 2 aromatic rings. The largest absolute Gasteiger partial charge is 0.491 e. The summed E-state index contributed by atoms with van der Waals surface area (Å²) < 4.78 is 28.1. The lowest BCUT2D eigenvalue weighted by molar-refractivity contribution is 0.242. The van der Waals surface area contributed by atoms with Gasteiger partial charge in [0.2, 0.25) is 0 Å². The van der Waals surface area contributed by atoms with Crippen molar-refractivity contribution in [3.63, 3.8) is 0 Å². The Labute approximate surface area is 121 Å². The maximum absolute atomic E-state index is 11.2. The third kappa shape index (κ3) is 3.72. The van der Waals surface area contributed by atoms with Crippen molar-refractivity contribution in [2.24, 2.45) is 0 Å². The van der Waals surface area contributed by atoms with Gasteiger partial charge >= 0.3 is 0 Å². The molecule has 0 N–H and O–H groups in total. The third-order valence-electron chi connectivity index (χ3n) is 2.33. The Bertz CT molecular complexity index is 657. The molecule has 102 valence electrons. The summed E-state index contributed by atoms with van der Waals surface area (Å²) in [5, 5.41) is 0. The van der Waals surface area contributed by atoms with Crippen molar-refractivity contribution < 1.29 is 13.2 Å². The van der Waals surface area contributed by atoms with Crippen molar-refractivity contribution in [1.29, 1.82) is 0 Å². The summed E-state index contributed by atoms with van der Waals surface area (Å²) in [7, 11) is 1.66. The van der Waals surface area contributed by atoms with E-state index in [9.17, 15) is 8.42 Å². The second-order valence-electron chi connectivity index (χ2n) is 4.25. The summed E-state index contributed by atoms with van der Waals surface area (Å²) in [5.41, 5.74) is 0.938. The molecule has 0 saturated carbocycles. The van der Waals surface area contributed by atoms with Crippen LogP contribution < -0.4 is 4.74 Å². The summed E-state index contributed by atoms with van der Waals surface area (Å²) in [6.45, 7) is 3.93. The Hall–Kier alpha value is -1.04. The van der Waals surface area contributed by atoms with E-state index >= 15 is 0 Å². The molecule has 1 aromatic carbocycles. The fourth-order valence-corrected chi connectivity index (χ4v) is 3.65. The van der Waals surface area contributed by atoms with Crippen LogP contribution in [0.5, 0.6) is 5.75 Å². The van der Waals surface area contributed by atoms with Crippen LogP contribution in [0, 0.1) is 0 Å². The predicted molar refractivity (Wildman–Crippen MR) is 78.6 cm³/mol. The lowest BCUT2D eigenvalue weighted by Gasteiger charge is -2.09. The highest BCUT2D eigenvalue weighted by Crippen LogP contribution is 2.33. The fourth-order valence-electron chi connectivity index (χ4n) is 1.58. The van der Waals surface area contributed by atoms with Crippen LogP contribution in [0.1, 0.15) is 13.8 Å². The fraction of sp³-hybridized carbons (Fsp3) is 0.231. The highest BCUT2D eigenvalue weighted by atomic mass is 35.7. The SMILES string of the molecule is CC(C)Oc1ccc(-c2ccc(S(=O)(=O)Cl)s2)cc1. The second-order valence-corrected chi connectivity index (χ2v) is 8.12. The molecule has 0 radical (unpaired) electrons. The van der Waals surface area contributed by atoms with E-state index in [1.807, 2.05) is 38.1 Å². The molecule has 0 amide bonds. The molecule has 0 aliphatic carbocycles. The van der Waals surface area contributed by atoms with Crippen molar-refractivity contribution in [1.82, 2.24) is 0 Å². The zero-order chi connectivity index (χ0) is 14.0. The molecule has 0 aliphatic rings. The molecule has 3 nitrogen and oxygen atoms in total. The summed E-state index contributed by atoms with van der Waals surface area (Å²) in [5.74, 6) is 0.792. The minimum absolute atomic E-state index is 0.126. The van der Waals surface area contributed by atoms with Crippen LogP contribution in [0.25, 0.3) is 10.4 Å². The molecule has 2 rings (SSSR count). The Morgan fingerprint density at radius 1 is 1.11 bits per heavy atom. The number of halogens is 1. The maximum Gasteiger partial charge on any atom is 0.270 e. The Kier molecular flexibility index (Phi) is 4.18. The Morgan fingerprint density at radius 2 is 1.74 bits per heavy atom. The second kappa shape index (κ2) is 5.53. The van der Waals surface area contributed by atoms with Crippen LogP contribution in [0.2, 0.25) is 0 Å². The predicted octanol–water partition coefficient (Wildman–Crippen LogP) is 4.13. The van der Waals surface area contributed by atoms with E-state index in [2.05, 4.69) is 0 Å². The molecule has 0 aliphatic heterocycles. The highest BCUT2D eigenvalue weighted by molar-refractivity contribution is 8.15. The van der Waals surface area contributed by atoms with Gasteiger partial charge in [-0.15, -0.1) is 11.3 Å². The average Bonchev–Trinajstić information content (AvgIpc) is 2.78. The lowest BCUT2D eigenvalue weighted by atomic mass is 10.2. The summed E-state index contributed by atoms with van der Waals surface area (Å²) >= 11 is 1.15. The van der Waals surface area contributed by atoms with E-state index in [0.717, 1.165) is 27.5 Å². The summed E-state index contributed by atoms with van der Waals surface area (Å²) in [4.78, 5) is 0.857. The number of benzene rings is 1. The molecule has 0 spiro atoms. The van der Waals surface area contributed by atoms with Crippen LogP contribution in [0.3, 0.4) is 0 Å². The monoisotopic (exact) mass is 316 g/mol. The van der Waals surface area contributed by atoms with Crippen LogP contribution in [-0.4, -0.2) is 14.5 Å². The molecule has 1 aromatic heterocycles. The zero-order valence-electron chi connectivity index (χ0n) is 10.5. The van der Waals surface area contributed by atoms with E-state index in [1.54, 1.807) is 6.07 Å². The van der Waals surface area contributed by atoms with E-state index < -0.39 is 9.05 Å². The molecule has 0 saturated heterocycles. The molecular formula is C13H13ClO3S2. The minimum atomic E-state index is -3.65. The normalized spacial score (nSPS) is 11.8. The molecular weight excluding hydrogens is 304 g/mol. The van der Waals surface area contributed by atoms with Gasteiger partial charge in [-0.3, -0.25) is 0 Å². The van der Waals surface area contributed by atoms with E-state index in [1.165, 1.54) is 6.07 Å². The lowest BCUT2D eigenvalue weighted by Crippen LogP contribution is -2.04. The van der Waals surface area contributed by atoms with Crippen molar-refractivity contribution in [2.45, 2.75) is 24.2 Å². The standard InChI is InChI=1S/C13H13ClO3S2/c1-9(2)17-11-5-3-10(4-6-11)12-7-8-13(18-12)19(14,15)16/h3-9H,1-2H3. The van der Waals surface area contributed by atoms with Gasteiger partial charge in [-0.05, 0) is 55.8 Å². The van der Waals surface area contributed by atoms with Crippen LogP contribution >= 0.6 is 22.0 Å². The topological polar surface area (TPSA) is 43.4 Å². The van der Waals surface area contributed by atoms with Crippen molar-refractivity contribution in [3.8, 4) is 16.2 Å². The van der Waals surface area contributed by atoms with Crippen LogP contribution in [0.15, 0.2) is 40.6 Å². The number of hydrogen-bond donors (Lipinski definition) is 0. The molecule has 0 atom stereocenters. The van der Waals surface area contributed by atoms with Gasteiger partial charge in [0.1, 0.15) is 9.96 Å². The van der Waals surface area contributed by atoms with Gasteiger partial charge in [-0.25, -0.2) is 8.42 Å². The van der Waals surface area contributed by atoms with Crippen molar-refractivity contribution in [2.75, 3.05) is 0 Å². The zero-order valence-corrected chi connectivity index (χ0v) is 12.8. The van der Waals surface area contributed by atoms with Gasteiger partial charge in [0.05, 0.1) is 6.10 Å². The number of hydrogen-bond acceptors (Lipinski definition) is 4. The quantitative estimate of drug-likeness (QED) is 0.797. The van der Waals surface area contributed by atoms with Gasteiger partial charge in [0, 0.05) is 15.6 Å². The first-order chi connectivity index (χ1) is 8.86. The maximum atomic E-state index is 11.2. The van der Waals surface area contributed by atoms with E-state index in [-0.39, 0.29) is 10.3 Å². The summed E-state index contributed by atoms with van der Waals surface area (Å²) in [6, 6.07) is 10.8. The first-order valence-electron chi connectivity index (χ1n) is 5.68. The van der Waals surface area contributed by atoms with Gasteiger partial charge in [0.25, 0.3) is 9.05 Å². The third-order valence-corrected chi connectivity index (χ3v) is 5.56. The smallest absolute Gasteiger partial charge is 0.270 e. The number of thiophene rings is 1. The number of rotatable bonds is 4. The van der Waals surface area contributed by atoms with Gasteiger partial charge < -0.3 is 4.74 Å². The molecule has 0 bridgehead atoms. The van der Waals surface area contributed by atoms with Crippen LogP contribution in [-0.2, 0) is 9.05 Å². The van der Waals surface area contributed by atoms with Gasteiger partial charge in [0.15, 0.2) is 0 Å². The van der Waals surface area contributed by atoms with Gasteiger partial charge in [-0.1, -0.05) is 0 Å².